The van der Waals surface area contributed by atoms with Gasteiger partial charge in [0.15, 0.2) is 0 Å². The first-order valence-corrected chi connectivity index (χ1v) is 8.04. The molecule has 0 radical (unpaired) electrons. The standard InChI is InChI=1S/C17H24N2O2/c20-11-13(8-15-3-1-2-6-18-15)10-19-17(21)16-9-12-4-5-14(16)7-12/h1-3,6,12-14,16,20H,4-5,7-11H2,(H,19,21). The number of hydrogen-bond donors (Lipinski definition) is 2. The Kier molecular flexibility index (Phi) is 4.54. The van der Waals surface area contributed by atoms with E-state index in [1.807, 2.05) is 18.2 Å². The second kappa shape index (κ2) is 6.56. The largest absolute Gasteiger partial charge is 0.396 e. The molecule has 0 saturated heterocycles. The van der Waals surface area contributed by atoms with Crippen LogP contribution in [0.5, 0.6) is 0 Å². The third-order valence-electron chi connectivity index (χ3n) is 5.12. The number of aromatic nitrogens is 1. The van der Waals surface area contributed by atoms with Crippen LogP contribution in [0.1, 0.15) is 31.4 Å². The number of aliphatic hydroxyl groups is 1. The van der Waals surface area contributed by atoms with Crippen LogP contribution in [-0.2, 0) is 11.2 Å². The zero-order valence-electron chi connectivity index (χ0n) is 12.4. The van der Waals surface area contributed by atoms with Gasteiger partial charge in [-0.3, -0.25) is 9.78 Å². The molecule has 2 saturated carbocycles. The first-order chi connectivity index (χ1) is 10.3. The summed E-state index contributed by atoms with van der Waals surface area (Å²) in [7, 11) is 0. The van der Waals surface area contributed by atoms with E-state index in [4.69, 9.17) is 0 Å². The van der Waals surface area contributed by atoms with Gasteiger partial charge in [0.1, 0.15) is 0 Å². The predicted octanol–water partition coefficient (Wildman–Crippen LogP) is 1.78. The zero-order valence-corrected chi connectivity index (χ0v) is 12.4. The highest BCUT2D eigenvalue weighted by Gasteiger charge is 2.42. The number of hydrogen-bond acceptors (Lipinski definition) is 3. The van der Waals surface area contributed by atoms with Crippen molar-refractivity contribution < 1.29 is 9.90 Å². The van der Waals surface area contributed by atoms with Gasteiger partial charge in [-0.15, -0.1) is 0 Å². The lowest BCUT2D eigenvalue weighted by Gasteiger charge is -2.22. The van der Waals surface area contributed by atoms with Gasteiger partial charge in [-0.25, -0.2) is 0 Å². The minimum Gasteiger partial charge on any atom is -0.396 e. The molecular weight excluding hydrogens is 264 g/mol. The second-order valence-corrected chi connectivity index (χ2v) is 6.60. The second-order valence-electron chi connectivity index (χ2n) is 6.60. The third kappa shape index (κ3) is 3.43. The van der Waals surface area contributed by atoms with Gasteiger partial charge in [0.05, 0.1) is 0 Å². The Labute approximate surface area is 126 Å². The fourth-order valence-electron chi connectivity index (χ4n) is 3.96. The number of carbonyl (C=O) groups excluding carboxylic acids is 1. The molecule has 4 heteroatoms. The Morgan fingerprint density at radius 2 is 2.29 bits per heavy atom. The van der Waals surface area contributed by atoms with Crippen molar-refractivity contribution in [3.05, 3.63) is 30.1 Å². The van der Waals surface area contributed by atoms with E-state index in [1.54, 1.807) is 6.20 Å². The highest BCUT2D eigenvalue weighted by Crippen LogP contribution is 2.48. The van der Waals surface area contributed by atoms with Crippen LogP contribution in [0.25, 0.3) is 0 Å². The van der Waals surface area contributed by atoms with Gasteiger partial charge in [0, 0.05) is 36.9 Å². The normalized spacial score (nSPS) is 28.5. The van der Waals surface area contributed by atoms with Crippen molar-refractivity contribution in [2.75, 3.05) is 13.2 Å². The lowest BCUT2D eigenvalue weighted by atomic mass is 9.88. The number of nitrogens with zero attached hydrogens (tertiary/aromatic N) is 1. The van der Waals surface area contributed by atoms with Crippen LogP contribution in [-0.4, -0.2) is 29.1 Å². The summed E-state index contributed by atoms with van der Waals surface area (Å²) in [5.74, 6) is 1.85. The fraction of sp³-hybridized carbons (Fsp3) is 0.647. The lowest BCUT2D eigenvalue weighted by Crippen LogP contribution is -2.38. The maximum Gasteiger partial charge on any atom is 0.223 e. The van der Waals surface area contributed by atoms with E-state index < -0.39 is 0 Å². The first kappa shape index (κ1) is 14.5. The maximum atomic E-state index is 12.3. The van der Waals surface area contributed by atoms with Crippen molar-refractivity contribution in [1.29, 1.82) is 0 Å². The molecule has 2 fully saturated rings. The first-order valence-electron chi connectivity index (χ1n) is 8.04. The van der Waals surface area contributed by atoms with Gasteiger partial charge in [0.25, 0.3) is 0 Å². The smallest absolute Gasteiger partial charge is 0.223 e. The molecule has 2 aliphatic rings. The quantitative estimate of drug-likeness (QED) is 0.839. The summed E-state index contributed by atoms with van der Waals surface area (Å²) in [5.41, 5.74) is 0.964. The van der Waals surface area contributed by atoms with Crippen LogP contribution in [0.2, 0.25) is 0 Å². The topological polar surface area (TPSA) is 62.2 Å². The Bertz CT molecular complexity index is 477. The molecule has 3 rings (SSSR count). The molecule has 1 amide bonds. The average Bonchev–Trinajstić information content (AvgIpc) is 3.15. The van der Waals surface area contributed by atoms with Crippen molar-refractivity contribution in [2.45, 2.75) is 32.1 Å². The van der Waals surface area contributed by atoms with Crippen LogP contribution in [0, 0.1) is 23.7 Å². The Morgan fingerprint density at radius 3 is 2.90 bits per heavy atom. The summed E-state index contributed by atoms with van der Waals surface area (Å²) < 4.78 is 0. The number of amides is 1. The molecule has 21 heavy (non-hydrogen) atoms. The Hall–Kier alpha value is -1.42. The van der Waals surface area contributed by atoms with Crippen LogP contribution in [0.15, 0.2) is 24.4 Å². The molecule has 4 unspecified atom stereocenters. The van der Waals surface area contributed by atoms with Crippen LogP contribution in [0.3, 0.4) is 0 Å². The van der Waals surface area contributed by atoms with Gasteiger partial charge < -0.3 is 10.4 Å². The van der Waals surface area contributed by atoms with Crippen LogP contribution < -0.4 is 5.32 Å². The third-order valence-corrected chi connectivity index (χ3v) is 5.12. The van der Waals surface area contributed by atoms with Crippen molar-refractivity contribution in [2.24, 2.45) is 23.7 Å². The maximum absolute atomic E-state index is 12.3. The van der Waals surface area contributed by atoms with Gasteiger partial charge >= 0.3 is 0 Å². The van der Waals surface area contributed by atoms with Gasteiger partial charge in [0.2, 0.25) is 5.91 Å². The summed E-state index contributed by atoms with van der Waals surface area (Å²) in [5, 5.41) is 12.5. The van der Waals surface area contributed by atoms with Crippen LogP contribution in [0.4, 0.5) is 0 Å². The molecule has 4 nitrogen and oxygen atoms in total. The minimum absolute atomic E-state index is 0.0439. The molecule has 0 spiro atoms. The van der Waals surface area contributed by atoms with E-state index in [1.165, 1.54) is 19.3 Å². The van der Waals surface area contributed by atoms with E-state index in [9.17, 15) is 9.90 Å². The molecule has 0 aliphatic heterocycles. The number of fused-ring (bicyclic) bond motifs is 2. The molecule has 1 aromatic heterocycles. The van der Waals surface area contributed by atoms with Crippen molar-refractivity contribution >= 4 is 5.91 Å². The highest BCUT2D eigenvalue weighted by molar-refractivity contribution is 5.79. The van der Waals surface area contributed by atoms with E-state index in [2.05, 4.69) is 10.3 Å². The SMILES string of the molecule is O=C(NCC(CO)Cc1ccccn1)C1CC2CCC1C2. The molecule has 4 atom stereocenters. The summed E-state index contributed by atoms with van der Waals surface area (Å²) in [6.07, 6.45) is 7.31. The summed E-state index contributed by atoms with van der Waals surface area (Å²) >= 11 is 0. The number of carbonyl (C=O) groups is 1. The number of pyridine rings is 1. The fourth-order valence-corrected chi connectivity index (χ4v) is 3.96. The van der Waals surface area contributed by atoms with Crippen molar-refractivity contribution in [1.82, 2.24) is 10.3 Å². The lowest BCUT2D eigenvalue weighted by molar-refractivity contribution is -0.126. The van der Waals surface area contributed by atoms with Crippen molar-refractivity contribution in [3.8, 4) is 0 Å². The molecule has 114 valence electrons. The Morgan fingerprint density at radius 1 is 1.38 bits per heavy atom. The highest BCUT2D eigenvalue weighted by atomic mass is 16.3. The number of nitrogens with one attached hydrogen (secondary N) is 1. The Balaban J connectivity index is 1.47. The van der Waals surface area contributed by atoms with Gasteiger partial charge in [-0.2, -0.15) is 0 Å². The van der Waals surface area contributed by atoms with E-state index in [0.717, 1.165) is 18.0 Å². The average molecular weight is 288 g/mol. The molecule has 1 heterocycles. The molecule has 1 aromatic rings. The van der Waals surface area contributed by atoms with Crippen molar-refractivity contribution in [3.63, 3.8) is 0 Å². The van der Waals surface area contributed by atoms with E-state index in [-0.39, 0.29) is 24.3 Å². The van der Waals surface area contributed by atoms with Gasteiger partial charge in [-0.05, 0) is 49.7 Å². The number of aliphatic hydroxyl groups excluding tert-OH is 1. The summed E-state index contributed by atoms with van der Waals surface area (Å²) in [6.45, 7) is 0.618. The number of rotatable bonds is 6. The van der Waals surface area contributed by atoms with Gasteiger partial charge in [-0.1, -0.05) is 12.5 Å². The summed E-state index contributed by atoms with van der Waals surface area (Å²) in [6, 6.07) is 5.79. The molecular formula is C17H24N2O2. The van der Waals surface area contributed by atoms with E-state index >= 15 is 0 Å². The molecule has 2 aliphatic carbocycles. The molecule has 2 bridgehead atoms. The summed E-state index contributed by atoms with van der Waals surface area (Å²) in [4.78, 5) is 16.6. The monoisotopic (exact) mass is 288 g/mol. The van der Waals surface area contributed by atoms with Crippen LogP contribution >= 0.6 is 0 Å². The minimum atomic E-state index is 0.0439. The van der Waals surface area contributed by atoms with E-state index in [0.29, 0.717) is 18.9 Å². The molecule has 0 aromatic carbocycles. The zero-order chi connectivity index (χ0) is 14.7. The molecule has 2 N–H and O–H groups in total. The predicted molar refractivity (Wildman–Crippen MR) is 80.5 cm³/mol.